The van der Waals surface area contributed by atoms with Gasteiger partial charge < -0.3 is 5.32 Å². The summed E-state index contributed by atoms with van der Waals surface area (Å²) in [6, 6.07) is 0. The highest BCUT2D eigenvalue weighted by Gasteiger charge is 2.58. The van der Waals surface area contributed by atoms with Crippen LogP contribution < -0.4 is 5.32 Å². The Hall–Kier alpha value is -0.790. The third kappa shape index (κ3) is 2.12. The minimum Gasteiger partial charge on any atom is -0.344 e. The van der Waals surface area contributed by atoms with Crippen LogP contribution in [0.1, 0.15) is 38.5 Å². The molecule has 114 valence electrons. The van der Waals surface area contributed by atoms with Gasteiger partial charge in [-0.1, -0.05) is 3.89 Å². The SMILES string of the molecule is O=C(NC12CC3C[C@H](C1)C[C@@H](C3)C2)C(F)(F)S(=O)(=O)F. The second-order valence-corrected chi connectivity index (χ2v) is 8.00. The molecular formula is C12H16F3NO3S. The van der Waals surface area contributed by atoms with Gasteiger partial charge in [-0.05, 0) is 56.3 Å². The topological polar surface area (TPSA) is 63.2 Å². The predicted molar refractivity (Wildman–Crippen MR) is 64.0 cm³/mol. The first-order valence-electron chi connectivity index (χ1n) is 6.76. The van der Waals surface area contributed by atoms with Crippen LogP contribution in [0.3, 0.4) is 0 Å². The van der Waals surface area contributed by atoms with Crippen molar-refractivity contribution in [3.63, 3.8) is 0 Å². The number of amides is 1. The smallest absolute Gasteiger partial charge is 0.344 e. The van der Waals surface area contributed by atoms with Crippen molar-refractivity contribution >= 4 is 16.1 Å². The zero-order valence-electron chi connectivity index (χ0n) is 10.7. The minimum absolute atomic E-state index is 0.400. The molecule has 4 nitrogen and oxygen atoms in total. The number of carbonyl (C=O) groups is 1. The molecule has 0 aromatic carbocycles. The Bertz CT molecular complexity index is 511. The molecule has 20 heavy (non-hydrogen) atoms. The average Bonchev–Trinajstić information content (AvgIpc) is 2.24. The summed E-state index contributed by atoms with van der Waals surface area (Å²) in [5, 5.41) is -2.84. The maximum atomic E-state index is 13.2. The third-order valence-electron chi connectivity index (χ3n) is 4.99. The Balaban J connectivity index is 1.80. The molecule has 4 fully saturated rings. The third-order valence-corrected chi connectivity index (χ3v) is 5.79. The summed E-state index contributed by atoms with van der Waals surface area (Å²) in [4.78, 5) is 11.5. The van der Waals surface area contributed by atoms with Gasteiger partial charge in [-0.2, -0.15) is 17.2 Å². The molecule has 0 radical (unpaired) electrons. The van der Waals surface area contributed by atoms with E-state index in [-0.39, 0.29) is 0 Å². The van der Waals surface area contributed by atoms with E-state index in [9.17, 15) is 25.9 Å². The molecule has 8 heteroatoms. The van der Waals surface area contributed by atoms with Crippen LogP contribution in [0, 0.1) is 17.8 Å². The number of halogens is 3. The predicted octanol–water partition coefficient (Wildman–Crippen LogP) is 1.96. The van der Waals surface area contributed by atoms with Gasteiger partial charge >= 0.3 is 21.4 Å². The van der Waals surface area contributed by atoms with Crippen molar-refractivity contribution in [3.05, 3.63) is 0 Å². The molecule has 0 saturated heterocycles. The minimum atomic E-state index is -6.23. The highest BCUT2D eigenvalue weighted by atomic mass is 32.3. The maximum absolute atomic E-state index is 13.2. The number of hydrogen-bond acceptors (Lipinski definition) is 3. The van der Waals surface area contributed by atoms with Crippen LogP contribution in [0.15, 0.2) is 0 Å². The van der Waals surface area contributed by atoms with E-state index in [0.29, 0.717) is 37.0 Å². The molecule has 4 bridgehead atoms. The van der Waals surface area contributed by atoms with E-state index < -0.39 is 26.9 Å². The Morgan fingerprint density at radius 2 is 1.45 bits per heavy atom. The van der Waals surface area contributed by atoms with Crippen molar-refractivity contribution in [3.8, 4) is 0 Å². The number of rotatable bonds is 3. The van der Waals surface area contributed by atoms with Gasteiger partial charge in [0, 0.05) is 5.54 Å². The Morgan fingerprint density at radius 1 is 1.05 bits per heavy atom. The van der Waals surface area contributed by atoms with E-state index in [0.717, 1.165) is 19.3 Å². The van der Waals surface area contributed by atoms with Crippen molar-refractivity contribution in [2.75, 3.05) is 0 Å². The van der Waals surface area contributed by atoms with E-state index in [1.54, 1.807) is 0 Å². The first kappa shape index (κ1) is 14.2. The molecule has 0 atom stereocenters. The fourth-order valence-corrected chi connectivity index (χ4v) is 4.96. The van der Waals surface area contributed by atoms with Crippen LogP contribution in [-0.2, 0) is 15.0 Å². The highest BCUT2D eigenvalue weighted by Crippen LogP contribution is 2.55. The normalized spacial score (nSPS) is 39.9. The lowest BCUT2D eigenvalue weighted by Crippen LogP contribution is -2.62. The molecule has 4 rings (SSSR count). The number of hydrogen-bond donors (Lipinski definition) is 1. The molecule has 4 aliphatic rings. The van der Waals surface area contributed by atoms with Crippen LogP contribution in [0.2, 0.25) is 0 Å². The number of alkyl halides is 2. The second kappa shape index (κ2) is 4.11. The van der Waals surface area contributed by atoms with Crippen LogP contribution >= 0.6 is 0 Å². The molecule has 0 unspecified atom stereocenters. The number of carbonyl (C=O) groups excluding carboxylic acids is 1. The van der Waals surface area contributed by atoms with E-state index in [1.165, 1.54) is 0 Å². The lowest BCUT2D eigenvalue weighted by molar-refractivity contribution is -0.141. The monoisotopic (exact) mass is 311 g/mol. The highest BCUT2D eigenvalue weighted by molar-refractivity contribution is 7.88. The van der Waals surface area contributed by atoms with Crippen molar-refractivity contribution in [2.45, 2.75) is 49.3 Å². The van der Waals surface area contributed by atoms with E-state index in [4.69, 9.17) is 0 Å². The van der Waals surface area contributed by atoms with Crippen LogP contribution in [0.4, 0.5) is 12.7 Å². The summed E-state index contributed by atoms with van der Waals surface area (Å²) >= 11 is 0. The number of nitrogens with one attached hydrogen (secondary N) is 1. The van der Waals surface area contributed by atoms with Crippen molar-refractivity contribution in [1.82, 2.24) is 5.32 Å². The molecule has 0 aliphatic heterocycles. The summed E-state index contributed by atoms with van der Waals surface area (Å²) < 4.78 is 59.8. The van der Waals surface area contributed by atoms with Gasteiger partial charge in [0.2, 0.25) is 0 Å². The van der Waals surface area contributed by atoms with Crippen molar-refractivity contribution in [2.24, 2.45) is 17.8 Å². The van der Waals surface area contributed by atoms with Crippen LogP contribution in [-0.4, -0.2) is 25.1 Å². The van der Waals surface area contributed by atoms with Crippen LogP contribution in [0.5, 0.6) is 0 Å². The molecule has 0 heterocycles. The lowest BCUT2D eigenvalue weighted by Gasteiger charge is -2.56. The Kier molecular flexibility index (Phi) is 2.91. The lowest BCUT2D eigenvalue weighted by atomic mass is 9.53. The standard InChI is InChI=1S/C12H16F3NO3S/c13-12(14,20(15,18)19)10(17)16-11-4-7-1-8(5-11)3-9(2-7)6-11/h7-9H,1-6H2,(H,16,17)/t7-,8+,9?,11?. The summed E-state index contributed by atoms with van der Waals surface area (Å²) in [6.45, 7) is 0. The van der Waals surface area contributed by atoms with E-state index in [2.05, 4.69) is 5.32 Å². The Labute approximate surface area is 115 Å². The molecule has 0 aromatic rings. The summed E-state index contributed by atoms with van der Waals surface area (Å²) in [7, 11) is -6.23. The zero-order valence-corrected chi connectivity index (χ0v) is 11.6. The van der Waals surface area contributed by atoms with Crippen molar-refractivity contribution in [1.29, 1.82) is 0 Å². The molecule has 4 saturated carbocycles. The second-order valence-electron chi connectivity index (χ2n) is 6.61. The Morgan fingerprint density at radius 3 is 1.80 bits per heavy atom. The molecule has 0 aromatic heterocycles. The molecule has 0 spiro atoms. The molecular weight excluding hydrogens is 295 g/mol. The first-order chi connectivity index (χ1) is 9.11. The first-order valence-corrected chi connectivity index (χ1v) is 8.14. The maximum Gasteiger partial charge on any atom is 0.451 e. The fraction of sp³-hybridized carbons (Fsp3) is 0.917. The van der Waals surface area contributed by atoms with E-state index in [1.807, 2.05) is 0 Å². The van der Waals surface area contributed by atoms with Gasteiger partial charge in [-0.25, -0.2) is 0 Å². The van der Waals surface area contributed by atoms with Gasteiger partial charge in [-0.15, -0.1) is 0 Å². The van der Waals surface area contributed by atoms with E-state index >= 15 is 0 Å². The largest absolute Gasteiger partial charge is 0.451 e. The zero-order chi connectivity index (χ0) is 14.8. The van der Waals surface area contributed by atoms with Crippen molar-refractivity contribution < 1.29 is 25.9 Å². The van der Waals surface area contributed by atoms with Gasteiger partial charge in [0.25, 0.3) is 0 Å². The molecule has 1 amide bonds. The molecule has 4 aliphatic carbocycles. The van der Waals surface area contributed by atoms with Crippen LogP contribution in [0.25, 0.3) is 0 Å². The molecule has 1 N–H and O–H groups in total. The van der Waals surface area contributed by atoms with Gasteiger partial charge in [0.1, 0.15) is 0 Å². The van der Waals surface area contributed by atoms with Gasteiger partial charge in [-0.3, -0.25) is 4.79 Å². The average molecular weight is 311 g/mol. The fourth-order valence-electron chi connectivity index (χ4n) is 4.69. The quantitative estimate of drug-likeness (QED) is 0.811. The summed E-state index contributed by atoms with van der Waals surface area (Å²) in [5.74, 6) is -0.826. The van der Waals surface area contributed by atoms with Gasteiger partial charge in [0.05, 0.1) is 0 Å². The summed E-state index contributed by atoms with van der Waals surface area (Å²) in [5.41, 5.74) is -0.764. The summed E-state index contributed by atoms with van der Waals surface area (Å²) in [6.07, 6.45) is 4.92. The van der Waals surface area contributed by atoms with Gasteiger partial charge in [0.15, 0.2) is 0 Å².